The molecule has 1 aromatic carbocycles. The molecule has 114 valence electrons. The Kier molecular flexibility index (Phi) is 3.83. The first-order chi connectivity index (χ1) is 10.1. The maximum absolute atomic E-state index is 9.94. The fourth-order valence-corrected chi connectivity index (χ4v) is 2.42. The van der Waals surface area contributed by atoms with Crippen LogP contribution in [0.4, 0.5) is 0 Å². The molecule has 1 aromatic heterocycles. The van der Waals surface area contributed by atoms with Crippen LogP contribution in [0.1, 0.15) is 0 Å². The van der Waals surface area contributed by atoms with Crippen LogP contribution in [0.2, 0.25) is 0 Å². The maximum atomic E-state index is 9.94. The van der Waals surface area contributed by atoms with E-state index in [9.17, 15) is 15.3 Å². The molecule has 0 aliphatic carbocycles. The van der Waals surface area contributed by atoms with Crippen LogP contribution in [-0.2, 0) is 4.74 Å². The largest absolute Gasteiger partial charge is 0.394 e. The van der Waals surface area contributed by atoms with Crippen LogP contribution in [0.15, 0.2) is 36.5 Å². The van der Waals surface area contributed by atoms with E-state index in [1.165, 1.54) is 4.73 Å². The average Bonchev–Trinajstić information content (AvgIpc) is 2.91. The first-order valence-electron chi connectivity index (χ1n) is 6.65. The summed E-state index contributed by atoms with van der Waals surface area (Å²) in [5.74, 6) is 0. The molecule has 1 aliphatic rings. The van der Waals surface area contributed by atoms with Gasteiger partial charge in [0.15, 0.2) is 0 Å². The van der Waals surface area contributed by atoms with Gasteiger partial charge >= 0.3 is 0 Å². The summed E-state index contributed by atoms with van der Waals surface area (Å²) in [6, 6.07) is 9.30. The average molecular weight is 295 g/mol. The molecular formula is C14H17NO6. The lowest BCUT2D eigenvalue weighted by atomic mass is 9.99. The van der Waals surface area contributed by atoms with E-state index in [0.717, 1.165) is 10.9 Å². The Bertz CT molecular complexity index is 612. The van der Waals surface area contributed by atoms with Crippen LogP contribution in [0.5, 0.6) is 0 Å². The van der Waals surface area contributed by atoms with E-state index in [-0.39, 0.29) is 0 Å². The standard InChI is InChI=1S/C14H17NO6/c16-7-10-11(17)12(18)13(19)14(20-10)21-15-6-5-8-3-1-2-4-9(8)15/h1-6,10-14,16-19H,7H2/t10-,11-,12+,13-,14+/m1/s1. The summed E-state index contributed by atoms with van der Waals surface area (Å²) in [5.41, 5.74) is 0.773. The molecule has 21 heavy (non-hydrogen) atoms. The van der Waals surface area contributed by atoms with Crippen molar-refractivity contribution in [1.29, 1.82) is 0 Å². The number of aromatic nitrogens is 1. The number of nitrogens with zero attached hydrogens (tertiary/aromatic N) is 1. The summed E-state index contributed by atoms with van der Waals surface area (Å²) in [5, 5.41) is 39.5. The molecule has 1 aliphatic heterocycles. The Morgan fingerprint density at radius 2 is 1.81 bits per heavy atom. The van der Waals surface area contributed by atoms with Crippen molar-refractivity contribution in [2.45, 2.75) is 30.7 Å². The number of aliphatic hydroxyl groups excluding tert-OH is 4. The van der Waals surface area contributed by atoms with E-state index in [1.54, 1.807) is 6.20 Å². The van der Waals surface area contributed by atoms with E-state index >= 15 is 0 Å². The van der Waals surface area contributed by atoms with Crippen molar-refractivity contribution >= 4 is 10.9 Å². The van der Waals surface area contributed by atoms with Crippen molar-refractivity contribution in [3.05, 3.63) is 36.5 Å². The van der Waals surface area contributed by atoms with Gasteiger partial charge in [0.2, 0.25) is 0 Å². The van der Waals surface area contributed by atoms with Crippen molar-refractivity contribution in [3.63, 3.8) is 0 Å². The fraction of sp³-hybridized carbons (Fsp3) is 0.429. The van der Waals surface area contributed by atoms with Gasteiger partial charge in [-0.3, -0.25) is 0 Å². The normalized spacial score (nSPS) is 33.2. The van der Waals surface area contributed by atoms with E-state index in [4.69, 9.17) is 14.7 Å². The van der Waals surface area contributed by atoms with E-state index in [2.05, 4.69) is 0 Å². The summed E-state index contributed by atoms with van der Waals surface area (Å²) < 4.78 is 6.72. The lowest BCUT2D eigenvalue weighted by Crippen LogP contribution is -2.61. The molecule has 2 heterocycles. The molecule has 4 N–H and O–H groups in total. The van der Waals surface area contributed by atoms with Crippen molar-refractivity contribution < 1.29 is 30.0 Å². The minimum absolute atomic E-state index is 0.489. The van der Waals surface area contributed by atoms with E-state index < -0.39 is 37.3 Å². The highest BCUT2D eigenvalue weighted by Crippen LogP contribution is 2.22. The second-order valence-electron chi connectivity index (χ2n) is 5.00. The van der Waals surface area contributed by atoms with Gasteiger partial charge in [0.25, 0.3) is 6.29 Å². The van der Waals surface area contributed by atoms with Crippen LogP contribution in [-0.4, -0.2) is 62.5 Å². The molecule has 0 spiro atoms. The molecule has 3 rings (SSSR count). The molecule has 7 nitrogen and oxygen atoms in total. The van der Waals surface area contributed by atoms with Crippen molar-refractivity contribution in [2.24, 2.45) is 0 Å². The van der Waals surface area contributed by atoms with Gasteiger partial charge in [0.05, 0.1) is 12.1 Å². The van der Waals surface area contributed by atoms with Crippen molar-refractivity contribution in [3.8, 4) is 0 Å². The number of aliphatic hydroxyl groups is 4. The summed E-state index contributed by atoms with van der Waals surface area (Å²) in [4.78, 5) is 5.53. The zero-order chi connectivity index (χ0) is 15.0. The van der Waals surface area contributed by atoms with Gasteiger partial charge in [-0.1, -0.05) is 18.2 Å². The Balaban J connectivity index is 1.83. The Labute approximate surface area is 120 Å². The lowest BCUT2D eigenvalue weighted by Gasteiger charge is -2.39. The van der Waals surface area contributed by atoms with Gasteiger partial charge in [0, 0.05) is 11.6 Å². The summed E-state index contributed by atoms with van der Waals surface area (Å²) in [7, 11) is 0. The molecule has 0 saturated carbocycles. The minimum Gasteiger partial charge on any atom is -0.394 e. The predicted octanol–water partition coefficient (Wildman–Crippen LogP) is -1.13. The highest BCUT2D eigenvalue weighted by atomic mass is 16.8. The molecule has 0 unspecified atom stereocenters. The van der Waals surface area contributed by atoms with Gasteiger partial charge in [0.1, 0.15) is 24.4 Å². The number of benzene rings is 1. The molecule has 1 saturated heterocycles. The molecule has 7 heteroatoms. The summed E-state index contributed by atoms with van der Waals surface area (Å²) >= 11 is 0. The third-order valence-electron chi connectivity index (χ3n) is 3.63. The number of fused-ring (bicyclic) bond motifs is 1. The SMILES string of the molecule is OC[C@H]1O[C@@H](On2ccc3ccccc32)[C@H](O)[C@@H](O)[C@@H]1O. The van der Waals surface area contributed by atoms with Gasteiger partial charge in [-0.25, -0.2) is 0 Å². The highest BCUT2D eigenvalue weighted by Gasteiger charge is 2.45. The van der Waals surface area contributed by atoms with Crippen LogP contribution < -0.4 is 4.84 Å². The summed E-state index contributed by atoms with van der Waals surface area (Å²) in [6.07, 6.45) is -4.81. The Hall–Kier alpha value is -1.64. The number of para-hydroxylation sites is 1. The molecular weight excluding hydrogens is 278 g/mol. The zero-order valence-corrected chi connectivity index (χ0v) is 11.1. The molecule has 2 aromatic rings. The zero-order valence-electron chi connectivity index (χ0n) is 11.1. The second kappa shape index (κ2) is 5.63. The van der Waals surface area contributed by atoms with E-state index in [1.807, 2.05) is 30.3 Å². The van der Waals surface area contributed by atoms with Gasteiger partial charge in [-0.05, 0) is 12.1 Å². The van der Waals surface area contributed by atoms with Gasteiger partial charge < -0.3 is 30.0 Å². The number of hydrogen-bond donors (Lipinski definition) is 4. The van der Waals surface area contributed by atoms with Crippen molar-refractivity contribution in [1.82, 2.24) is 4.73 Å². The first-order valence-corrected chi connectivity index (χ1v) is 6.65. The van der Waals surface area contributed by atoms with Gasteiger partial charge in [-0.2, -0.15) is 4.73 Å². The lowest BCUT2D eigenvalue weighted by molar-refractivity contribution is -0.299. The minimum atomic E-state index is -1.46. The molecule has 0 amide bonds. The van der Waals surface area contributed by atoms with E-state index in [0.29, 0.717) is 0 Å². The highest BCUT2D eigenvalue weighted by molar-refractivity contribution is 5.79. The fourth-order valence-electron chi connectivity index (χ4n) is 2.42. The van der Waals surface area contributed by atoms with Crippen LogP contribution >= 0.6 is 0 Å². The number of rotatable bonds is 3. The Morgan fingerprint density at radius 1 is 1.05 bits per heavy atom. The first kappa shape index (κ1) is 14.3. The monoisotopic (exact) mass is 295 g/mol. The quantitative estimate of drug-likeness (QED) is 0.571. The third-order valence-corrected chi connectivity index (χ3v) is 3.63. The van der Waals surface area contributed by atoms with Crippen LogP contribution in [0.3, 0.4) is 0 Å². The topological polar surface area (TPSA) is 104 Å². The number of ether oxygens (including phenoxy) is 1. The number of hydrogen-bond acceptors (Lipinski definition) is 6. The van der Waals surface area contributed by atoms with Crippen LogP contribution in [0.25, 0.3) is 10.9 Å². The molecule has 5 atom stereocenters. The molecule has 1 fully saturated rings. The Morgan fingerprint density at radius 3 is 2.57 bits per heavy atom. The molecule has 0 bridgehead atoms. The molecule has 0 radical (unpaired) electrons. The predicted molar refractivity (Wildman–Crippen MR) is 72.3 cm³/mol. The van der Waals surface area contributed by atoms with Gasteiger partial charge in [-0.15, -0.1) is 0 Å². The summed E-state index contributed by atoms with van der Waals surface area (Å²) in [6.45, 7) is -0.489. The smallest absolute Gasteiger partial charge is 0.254 e. The maximum Gasteiger partial charge on any atom is 0.254 e. The second-order valence-corrected chi connectivity index (χ2v) is 5.00. The van der Waals surface area contributed by atoms with Crippen molar-refractivity contribution in [2.75, 3.05) is 6.61 Å². The van der Waals surface area contributed by atoms with Crippen LogP contribution in [0, 0.1) is 0 Å². The third kappa shape index (κ3) is 2.50.